The summed E-state index contributed by atoms with van der Waals surface area (Å²) in [5, 5.41) is 7.67. The van der Waals surface area contributed by atoms with Gasteiger partial charge in [0.05, 0.1) is 11.3 Å². The Morgan fingerprint density at radius 3 is 2.94 bits per heavy atom. The zero-order chi connectivity index (χ0) is 13.1. The minimum atomic E-state index is 0.0943. The molecule has 2 rings (SSSR count). The standard InChI is InChI=1S/C13H22N4O/c1-4-17(8-11-6-5-7-14-11)13(18)12-9-16(3)15-10(12)2/h9,11,14H,4-8H2,1-3H3. The Labute approximate surface area is 108 Å². The van der Waals surface area contributed by atoms with Crippen LogP contribution >= 0.6 is 0 Å². The molecule has 0 spiro atoms. The molecule has 100 valence electrons. The molecule has 0 aromatic carbocycles. The Morgan fingerprint density at radius 1 is 1.67 bits per heavy atom. The first-order valence-electron chi connectivity index (χ1n) is 6.64. The Balaban J connectivity index is 2.07. The number of aromatic nitrogens is 2. The molecular formula is C13H22N4O. The lowest BCUT2D eigenvalue weighted by atomic mass is 10.2. The van der Waals surface area contributed by atoms with Crippen LogP contribution < -0.4 is 5.32 Å². The van der Waals surface area contributed by atoms with Crippen molar-refractivity contribution in [2.45, 2.75) is 32.7 Å². The van der Waals surface area contributed by atoms with Gasteiger partial charge in [-0.2, -0.15) is 5.10 Å². The van der Waals surface area contributed by atoms with Gasteiger partial charge < -0.3 is 10.2 Å². The van der Waals surface area contributed by atoms with E-state index in [-0.39, 0.29) is 5.91 Å². The molecule has 2 heterocycles. The van der Waals surface area contributed by atoms with Crippen LogP contribution in [0.2, 0.25) is 0 Å². The molecule has 0 radical (unpaired) electrons. The highest BCUT2D eigenvalue weighted by Crippen LogP contribution is 2.12. The van der Waals surface area contributed by atoms with Crippen molar-refractivity contribution < 1.29 is 4.79 Å². The van der Waals surface area contributed by atoms with Crippen LogP contribution in [-0.4, -0.2) is 46.3 Å². The summed E-state index contributed by atoms with van der Waals surface area (Å²) in [6, 6.07) is 0.450. The monoisotopic (exact) mass is 250 g/mol. The Kier molecular flexibility index (Phi) is 4.01. The van der Waals surface area contributed by atoms with Crippen molar-refractivity contribution in [3.8, 4) is 0 Å². The van der Waals surface area contributed by atoms with Crippen LogP contribution in [0.3, 0.4) is 0 Å². The highest BCUT2D eigenvalue weighted by molar-refractivity contribution is 5.95. The van der Waals surface area contributed by atoms with Gasteiger partial charge in [-0.25, -0.2) is 0 Å². The third-order valence-corrected chi connectivity index (χ3v) is 3.52. The van der Waals surface area contributed by atoms with Gasteiger partial charge in [-0.15, -0.1) is 0 Å². The van der Waals surface area contributed by atoms with Crippen molar-refractivity contribution in [1.29, 1.82) is 0 Å². The number of hydrogen-bond donors (Lipinski definition) is 1. The van der Waals surface area contributed by atoms with Gasteiger partial charge in [-0.1, -0.05) is 0 Å². The predicted octanol–water partition coefficient (Wildman–Crippen LogP) is 0.943. The van der Waals surface area contributed by atoms with Crippen LogP contribution in [0, 0.1) is 6.92 Å². The molecule has 0 aliphatic carbocycles. The fourth-order valence-electron chi connectivity index (χ4n) is 2.51. The summed E-state index contributed by atoms with van der Waals surface area (Å²) in [4.78, 5) is 14.4. The second-order valence-electron chi connectivity index (χ2n) is 4.94. The maximum atomic E-state index is 12.4. The summed E-state index contributed by atoms with van der Waals surface area (Å²) in [6.07, 6.45) is 4.18. The smallest absolute Gasteiger partial charge is 0.257 e. The van der Waals surface area contributed by atoms with Crippen molar-refractivity contribution in [1.82, 2.24) is 20.0 Å². The van der Waals surface area contributed by atoms with Crippen molar-refractivity contribution in [2.24, 2.45) is 7.05 Å². The van der Waals surface area contributed by atoms with Crippen molar-refractivity contribution >= 4 is 5.91 Å². The quantitative estimate of drug-likeness (QED) is 0.865. The van der Waals surface area contributed by atoms with Crippen LogP contribution in [0.25, 0.3) is 0 Å². The van der Waals surface area contributed by atoms with Crippen LogP contribution in [0.4, 0.5) is 0 Å². The lowest BCUT2D eigenvalue weighted by Gasteiger charge is -2.24. The molecule has 1 aliphatic heterocycles. The Hall–Kier alpha value is -1.36. The number of nitrogens with zero attached hydrogens (tertiary/aromatic N) is 3. The number of nitrogens with one attached hydrogen (secondary N) is 1. The molecule has 1 aliphatic rings. The number of aryl methyl sites for hydroxylation is 2. The molecule has 5 nitrogen and oxygen atoms in total. The maximum Gasteiger partial charge on any atom is 0.257 e. The average molecular weight is 250 g/mol. The first kappa shape index (κ1) is 13.1. The molecule has 1 unspecified atom stereocenters. The predicted molar refractivity (Wildman–Crippen MR) is 70.5 cm³/mol. The summed E-state index contributed by atoms with van der Waals surface area (Å²) in [7, 11) is 1.85. The molecule has 1 saturated heterocycles. The summed E-state index contributed by atoms with van der Waals surface area (Å²) < 4.78 is 1.70. The fraction of sp³-hybridized carbons (Fsp3) is 0.692. The number of likely N-dealkylation sites (N-methyl/N-ethyl adjacent to an activating group) is 1. The van der Waals surface area contributed by atoms with Crippen LogP contribution in [0.15, 0.2) is 6.20 Å². The van der Waals surface area contributed by atoms with Gasteiger partial charge in [-0.3, -0.25) is 9.48 Å². The van der Waals surface area contributed by atoms with E-state index in [1.54, 1.807) is 4.68 Å². The van der Waals surface area contributed by atoms with E-state index in [0.717, 1.165) is 37.3 Å². The van der Waals surface area contributed by atoms with E-state index in [1.807, 2.05) is 32.0 Å². The number of carbonyl (C=O) groups excluding carboxylic acids is 1. The molecule has 5 heteroatoms. The zero-order valence-corrected chi connectivity index (χ0v) is 11.4. The van der Waals surface area contributed by atoms with Gasteiger partial charge in [-0.05, 0) is 33.2 Å². The van der Waals surface area contributed by atoms with Gasteiger partial charge in [0.25, 0.3) is 5.91 Å². The summed E-state index contributed by atoms with van der Waals surface area (Å²) >= 11 is 0. The minimum Gasteiger partial charge on any atom is -0.337 e. The van der Waals surface area contributed by atoms with Gasteiger partial charge in [0.1, 0.15) is 0 Å². The molecule has 0 bridgehead atoms. The van der Waals surface area contributed by atoms with Crippen molar-refractivity contribution in [2.75, 3.05) is 19.6 Å². The number of rotatable bonds is 4. The minimum absolute atomic E-state index is 0.0943. The molecule has 0 saturated carbocycles. The fourth-order valence-corrected chi connectivity index (χ4v) is 2.51. The van der Waals surface area contributed by atoms with Crippen molar-refractivity contribution in [3.05, 3.63) is 17.5 Å². The molecule has 18 heavy (non-hydrogen) atoms. The number of hydrogen-bond acceptors (Lipinski definition) is 3. The first-order chi connectivity index (χ1) is 8.61. The van der Waals surface area contributed by atoms with E-state index in [1.165, 1.54) is 6.42 Å². The molecule has 1 aromatic rings. The lowest BCUT2D eigenvalue weighted by molar-refractivity contribution is 0.0750. The zero-order valence-electron chi connectivity index (χ0n) is 11.4. The lowest BCUT2D eigenvalue weighted by Crippen LogP contribution is -2.41. The van der Waals surface area contributed by atoms with E-state index in [9.17, 15) is 4.79 Å². The van der Waals surface area contributed by atoms with E-state index < -0.39 is 0 Å². The highest BCUT2D eigenvalue weighted by Gasteiger charge is 2.23. The van der Waals surface area contributed by atoms with Gasteiger partial charge in [0, 0.05) is 32.4 Å². The second-order valence-corrected chi connectivity index (χ2v) is 4.94. The molecule has 1 aromatic heterocycles. The second kappa shape index (κ2) is 5.52. The molecule has 1 atom stereocenters. The SMILES string of the molecule is CCN(CC1CCCN1)C(=O)c1cn(C)nc1C. The average Bonchev–Trinajstić information content (AvgIpc) is 2.95. The maximum absolute atomic E-state index is 12.4. The summed E-state index contributed by atoms with van der Waals surface area (Å²) in [5.74, 6) is 0.0943. The molecule has 1 N–H and O–H groups in total. The summed E-state index contributed by atoms with van der Waals surface area (Å²) in [6.45, 7) is 6.52. The van der Waals surface area contributed by atoms with Crippen LogP contribution in [-0.2, 0) is 7.05 Å². The van der Waals surface area contributed by atoms with Gasteiger partial charge in [0.15, 0.2) is 0 Å². The third kappa shape index (κ3) is 2.72. The van der Waals surface area contributed by atoms with Crippen LogP contribution in [0.1, 0.15) is 35.8 Å². The van der Waals surface area contributed by atoms with Crippen LogP contribution in [0.5, 0.6) is 0 Å². The number of amides is 1. The number of carbonyl (C=O) groups is 1. The van der Waals surface area contributed by atoms with E-state index in [0.29, 0.717) is 6.04 Å². The first-order valence-corrected chi connectivity index (χ1v) is 6.64. The van der Waals surface area contributed by atoms with E-state index in [2.05, 4.69) is 10.4 Å². The molecule has 1 amide bonds. The Morgan fingerprint density at radius 2 is 2.44 bits per heavy atom. The Bertz CT molecular complexity index is 421. The molecular weight excluding hydrogens is 228 g/mol. The molecule has 1 fully saturated rings. The highest BCUT2D eigenvalue weighted by atomic mass is 16.2. The van der Waals surface area contributed by atoms with Gasteiger partial charge >= 0.3 is 0 Å². The van der Waals surface area contributed by atoms with Crippen molar-refractivity contribution in [3.63, 3.8) is 0 Å². The van der Waals surface area contributed by atoms with E-state index >= 15 is 0 Å². The largest absolute Gasteiger partial charge is 0.337 e. The topological polar surface area (TPSA) is 50.2 Å². The normalized spacial score (nSPS) is 19.2. The van der Waals surface area contributed by atoms with E-state index in [4.69, 9.17) is 0 Å². The van der Waals surface area contributed by atoms with Gasteiger partial charge in [0.2, 0.25) is 0 Å². The third-order valence-electron chi connectivity index (χ3n) is 3.52. The summed E-state index contributed by atoms with van der Waals surface area (Å²) in [5.41, 5.74) is 1.53.